The van der Waals surface area contributed by atoms with Gasteiger partial charge in [-0.05, 0) is 23.8 Å². The topological polar surface area (TPSA) is 66.4 Å². The minimum atomic E-state index is -0.201. The van der Waals surface area contributed by atoms with E-state index in [9.17, 15) is 14.7 Å². The van der Waals surface area contributed by atoms with E-state index in [-0.39, 0.29) is 17.2 Å². The molecule has 2 N–H and O–H groups in total. The third-order valence-corrected chi connectivity index (χ3v) is 2.86. The van der Waals surface area contributed by atoms with Gasteiger partial charge in [0, 0.05) is 18.2 Å². The summed E-state index contributed by atoms with van der Waals surface area (Å²) in [4.78, 5) is 22.4. The Labute approximate surface area is 110 Å². The lowest BCUT2D eigenvalue weighted by Gasteiger charge is -2.08. The molecule has 0 fully saturated rings. The fourth-order valence-corrected chi connectivity index (χ4v) is 1.86. The number of para-hydroxylation sites is 1. The largest absolute Gasteiger partial charge is 0.507 e. The van der Waals surface area contributed by atoms with E-state index in [4.69, 9.17) is 0 Å². The standard InChI is InChI=1S/C15H13NO3/c1-16-15(19)11-5-2-4-10(8-11)13-7-3-6-12(9-17)14(13)18/h2-9,18H,1H3,(H,16,19). The maximum atomic E-state index is 11.6. The Morgan fingerprint density at radius 2 is 1.95 bits per heavy atom. The molecule has 0 aliphatic heterocycles. The molecule has 96 valence electrons. The number of carbonyl (C=O) groups excluding carboxylic acids is 2. The van der Waals surface area contributed by atoms with E-state index in [1.54, 1.807) is 43.4 Å². The Morgan fingerprint density at radius 1 is 1.21 bits per heavy atom. The molecule has 0 aliphatic carbocycles. The first-order valence-electron chi connectivity index (χ1n) is 5.77. The van der Waals surface area contributed by atoms with Gasteiger partial charge in [0.2, 0.25) is 0 Å². The molecule has 0 aliphatic rings. The van der Waals surface area contributed by atoms with Gasteiger partial charge < -0.3 is 10.4 Å². The van der Waals surface area contributed by atoms with E-state index < -0.39 is 0 Å². The molecular weight excluding hydrogens is 242 g/mol. The Balaban J connectivity index is 2.53. The van der Waals surface area contributed by atoms with E-state index in [0.29, 0.717) is 23.0 Å². The average Bonchev–Trinajstić information content (AvgIpc) is 2.46. The Hall–Kier alpha value is -2.62. The number of carbonyl (C=O) groups is 2. The predicted molar refractivity (Wildman–Crippen MR) is 72.3 cm³/mol. The molecule has 4 heteroatoms. The number of aldehydes is 1. The number of phenols is 1. The molecule has 1 amide bonds. The van der Waals surface area contributed by atoms with Crippen molar-refractivity contribution >= 4 is 12.2 Å². The molecule has 2 aromatic carbocycles. The Kier molecular flexibility index (Phi) is 3.61. The summed E-state index contributed by atoms with van der Waals surface area (Å²) in [6, 6.07) is 11.8. The van der Waals surface area contributed by atoms with Crippen LogP contribution in [-0.2, 0) is 0 Å². The first-order chi connectivity index (χ1) is 9.17. The van der Waals surface area contributed by atoms with Crippen molar-refractivity contribution < 1.29 is 14.7 Å². The lowest BCUT2D eigenvalue weighted by atomic mass is 10.00. The van der Waals surface area contributed by atoms with Crippen LogP contribution >= 0.6 is 0 Å². The fraction of sp³-hybridized carbons (Fsp3) is 0.0667. The van der Waals surface area contributed by atoms with E-state index in [0.717, 1.165) is 0 Å². The van der Waals surface area contributed by atoms with Crippen molar-refractivity contribution in [3.8, 4) is 16.9 Å². The molecule has 2 rings (SSSR count). The van der Waals surface area contributed by atoms with Crippen molar-refractivity contribution in [1.82, 2.24) is 5.32 Å². The molecule has 4 nitrogen and oxygen atoms in total. The summed E-state index contributed by atoms with van der Waals surface area (Å²) in [7, 11) is 1.56. The van der Waals surface area contributed by atoms with Gasteiger partial charge >= 0.3 is 0 Å². The second kappa shape index (κ2) is 5.35. The molecule has 0 aromatic heterocycles. The number of benzene rings is 2. The molecule has 0 heterocycles. The number of nitrogens with one attached hydrogen (secondary N) is 1. The summed E-state index contributed by atoms with van der Waals surface area (Å²) in [6.07, 6.45) is 0.599. The van der Waals surface area contributed by atoms with Crippen molar-refractivity contribution in [2.24, 2.45) is 0 Å². The highest BCUT2D eigenvalue weighted by atomic mass is 16.3. The van der Waals surface area contributed by atoms with Crippen molar-refractivity contribution in [1.29, 1.82) is 0 Å². The molecule has 0 saturated carbocycles. The van der Waals surface area contributed by atoms with Crippen LogP contribution in [0, 0.1) is 0 Å². The lowest BCUT2D eigenvalue weighted by molar-refractivity contribution is 0.0962. The third kappa shape index (κ3) is 2.47. The van der Waals surface area contributed by atoms with E-state index in [2.05, 4.69) is 5.32 Å². The van der Waals surface area contributed by atoms with Crippen LogP contribution in [0.1, 0.15) is 20.7 Å². The van der Waals surface area contributed by atoms with Crippen molar-refractivity contribution in [3.05, 3.63) is 53.6 Å². The van der Waals surface area contributed by atoms with Gasteiger partial charge in [0.25, 0.3) is 5.91 Å². The van der Waals surface area contributed by atoms with E-state index >= 15 is 0 Å². The molecule has 0 atom stereocenters. The highest BCUT2D eigenvalue weighted by Crippen LogP contribution is 2.31. The minimum absolute atomic E-state index is 0.0773. The summed E-state index contributed by atoms with van der Waals surface area (Å²) >= 11 is 0. The van der Waals surface area contributed by atoms with Gasteiger partial charge in [-0.3, -0.25) is 9.59 Å². The maximum Gasteiger partial charge on any atom is 0.251 e. The second-order valence-electron chi connectivity index (χ2n) is 4.02. The van der Waals surface area contributed by atoms with Crippen LogP contribution in [0.2, 0.25) is 0 Å². The molecule has 0 radical (unpaired) electrons. The maximum absolute atomic E-state index is 11.6. The van der Waals surface area contributed by atoms with Crippen molar-refractivity contribution in [2.45, 2.75) is 0 Å². The zero-order valence-corrected chi connectivity index (χ0v) is 10.4. The highest BCUT2D eigenvalue weighted by molar-refractivity contribution is 5.95. The first-order valence-corrected chi connectivity index (χ1v) is 5.77. The normalized spacial score (nSPS) is 9.95. The fourth-order valence-electron chi connectivity index (χ4n) is 1.86. The Morgan fingerprint density at radius 3 is 2.63 bits per heavy atom. The number of aromatic hydroxyl groups is 1. The van der Waals surface area contributed by atoms with Gasteiger partial charge in [-0.25, -0.2) is 0 Å². The van der Waals surface area contributed by atoms with Gasteiger partial charge in [0.1, 0.15) is 5.75 Å². The van der Waals surface area contributed by atoms with Gasteiger partial charge in [0.05, 0.1) is 5.56 Å². The molecule has 19 heavy (non-hydrogen) atoms. The molecule has 0 saturated heterocycles. The highest BCUT2D eigenvalue weighted by Gasteiger charge is 2.10. The number of rotatable bonds is 3. The summed E-state index contributed by atoms with van der Waals surface area (Å²) < 4.78 is 0. The molecule has 0 unspecified atom stereocenters. The summed E-state index contributed by atoms with van der Waals surface area (Å²) in [5.74, 6) is -0.278. The van der Waals surface area contributed by atoms with Crippen LogP contribution in [0.15, 0.2) is 42.5 Å². The third-order valence-electron chi connectivity index (χ3n) is 2.86. The Bertz CT molecular complexity index is 635. The van der Waals surface area contributed by atoms with Gasteiger partial charge in [-0.1, -0.05) is 24.3 Å². The van der Waals surface area contributed by atoms with Gasteiger partial charge in [0.15, 0.2) is 6.29 Å². The van der Waals surface area contributed by atoms with Gasteiger partial charge in [-0.15, -0.1) is 0 Å². The SMILES string of the molecule is CNC(=O)c1cccc(-c2cccc(C=O)c2O)c1. The lowest BCUT2D eigenvalue weighted by Crippen LogP contribution is -2.17. The summed E-state index contributed by atoms with van der Waals surface area (Å²) in [5.41, 5.74) is 1.93. The predicted octanol–water partition coefficient (Wildman–Crippen LogP) is 2.23. The zero-order chi connectivity index (χ0) is 13.8. The zero-order valence-electron chi connectivity index (χ0n) is 10.4. The number of phenolic OH excluding ortho intramolecular Hbond substituents is 1. The summed E-state index contributed by atoms with van der Waals surface area (Å²) in [6.45, 7) is 0. The van der Waals surface area contributed by atoms with Crippen LogP contribution in [0.5, 0.6) is 5.75 Å². The van der Waals surface area contributed by atoms with Crippen LogP contribution in [0.25, 0.3) is 11.1 Å². The summed E-state index contributed by atoms with van der Waals surface area (Å²) in [5, 5.41) is 12.5. The van der Waals surface area contributed by atoms with E-state index in [1.807, 2.05) is 0 Å². The van der Waals surface area contributed by atoms with Gasteiger partial charge in [-0.2, -0.15) is 0 Å². The average molecular weight is 255 g/mol. The quantitative estimate of drug-likeness (QED) is 0.826. The van der Waals surface area contributed by atoms with Crippen molar-refractivity contribution in [3.63, 3.8) is 0 Å². The number of hydrogen-bond donors (Lipinski definition) is 2. The smallest absolute Gasteiger partial charge is 0.251 e. The molecule has 2 aromatic rings. The van der Waals surface area contributed by atoms with E-state index in [1.165, 1.54) is 6.07 Å². The molecular formula is C15H13NO3. The van der Waals surface area contributed by atoms with Crippen LogP contribution < -0.4 is 5.32 Å². The minimum Gasteiger partial charge on any atom is -0.507 e. The van der Waals surface area contributed by atoms with Crippen LogP contribution in [0.3, 0.4) is 0 Å². The van der Waals surface area contributed by atoms with Crippen LogP contribution in [0.4, 0.5) is 0 Å². The van der Waals surface area contributed by atoms with Crippen molar-refractivity contribution in [2.75, 3.05) is 7.05 Å². The monoisotopic (exact) mass is 255 g/mol. The number of hydrogen-bond acceptors (Lipinski definition) is 3. The first kappa shape index (κ1) is 12.8. The molecule has 0 bridgehead atoms. The second-order valence-corrected chi connectivity index (χ2v) is 4.02. The van der Waals surface area contributed by atoms with Crippen LogP contribution in [-0.4, -0.2) is 24.3 Å². The molecule has 0 spiro atoms. The number of amides is 1.